The topological polar surface area (TPSA) is 145 Å². The van der Waals surface area contributed by atoms with Crippen LogP contribution >= 0.6 is 24.4 Å². The normalized spacial score (nSPS) is 11.4. The molecule has 47 heavy (non-hydrogen) atoms. The highest BCUT2D eigenvalue weighted by Gasteiger charge is 2.10. The van der Waals surface area contributed by atoms with Crippen molar-refractivity contribution in [2.75, 3.05) is 26.4 Å². The van der Waals surface area contributed by atoms with E-state index in [9.17, 15) is 0 Å². The molecule has 6 rings (SSSR count). The summed E-state index contributed by atoms with van der Waals surface area (Å²) in [4.78, 5) is 8.29. The molecule has 0 saturated carbocycles. The molecule has 0 unspecified atom stereocenters. The molecule has 2 aromatic carbocycles. The first-order valence-electron chi connectivity index (χ1n) is 14.4. The van der Waals surface area contributed by atoms with Crippen LogP contribution in [-0.4, -0.2) is 78.6 Å². The third kappa shape index (κ3) is 7.96. The van der Waals surface area contributed by atoms with E-state index in [1.165, 1.54) is 0 Å². The number of benzene rings is 2. The molecule has 0 spiro atoms. The molecule has 0 amide bonds. The smallest absolute Gasteiger partial charge is 0.216 e. The van der Waals surface area contributed by atoms with Gasteiger partial charge in [-0.05, 0) is 73.0 Å². The van der Waals surface area contributed by atoms with Crippen LogP contribution in [0.4, 0.5) is 0 Å². The molecule has 4 heterocycles. The Balaban J connectivity index is 0.996. The summed E-state index contributed by atoms with van der Waals surface area (Å²) in [5.41, 5.74) is 3.13. The second kappa shape index (κ2) is 15.6. The number of para-hydroxylation sites is 2. The van der Waals surface area contributed by atoms with Crippen LogP contribution in [0.25, 0.3) is 22.8 Å². The summed E-state index contributed by atoms with van der Waals surface area (Å²) in [6.07, 6.45) is 10.1. The summed E-state index contributed by atoms with van der Waals surface area (Å²) >= 11 is 10.7. The van der Waals surface area contributed by atoms with Crippen molar-refractivity contribution in [3.63, 3.8) is 0 Å². The Kier molecular flexibility index (Phi) is 10.4. The predicted molar refractivity (Wildman–Crippen MR) is 182 cm³/mol. The number of H-pyrrole nitrogens is 2. The maximum absolute atomic E-state index is 5.99. The van der Waals surface area contributed by atoms with Crippen LogP contribution in [-0.2, 0) is 4.74 Å². The highest BCUT2D eigenvalue weighted by Crippen LogP contribution is 2.20. The molecule has 6 aromatic rings. The third-order valence-electron chi connectivity index (χ3n) is 6.57. The number of hydrogen-bond donors (Lipinski definition) is 2. The summed E-state index contributed by atoms with van der Waals surface area (Å²) in [6, 6.07) is 22.6. The van der Waals surface area contributed by atoms with Crippen LogP contribution in [0.15, 0.2) is 108 Å². The van der Waals surface area contributed by atoms with Gasteiger partial charge in [0.15, 0.2) is 11.6 Å². The van der Waals surface area contributed by atoms with E-state index in [2.05, 4.69) is 40.6 Å². The van der Waals surface area contributed by atoms with E-state index >= 15 is 0 Å². The first kappa shape index (κ1) is 31.3. The predicted octanol–water partition coefficient (Wildman–Crippen LogP) is 5.56. The Labute approximate surface area is 279 Å². The minimum absolute atomic E-state index is 0.338. The van der Waals surface area contributed by atoms with E-state index < -0.39 is 0 Å². The Morgan fingerprint density at radius 1 is 0.617 bits per heavy atom. The van der Waals surface area contributed by atoms with Gasteiger partial charge >= 0.3 is 0 Å². The first-order chi connectivity index (χ1) is 23.2. The van der Waals surface area contributed by atoms with Gasteiger partial charge in [0.1, 0.15) is 24.7 Å². The number of ether oxygens (including phenoxy) is 3. The van der Waals surface area contributed by atoms with E-state index in [-0.39, 0.29) is 0 Å². The minimum Gasteiger partial charge on any atom is -0.491 e. The lowest BCUT2D eigenvalue weighted by atomic mass is 10.2. The monoisotopic (exact) mass is 664 g/mol. The summed E-state index contributed by atoms with van der Waals surface area (Å²) in [7, 11) is 0. The zero-order chi connectivity index (χ0) is 32.3. The van der Waals surface area contributed by atoms with Crippen molar-refractivity contribution in [2.24, 2.45) is 10.2 Å². The molecule has 0 fully saturated rings. The molecule has 236 valence electrons. The summed E-state index contributed by atoms with van der Waals surface area (Å²) in [6.45, 7) is 1.41. The maximum Gasteiger partial charge on any atom is 0.216 e. The zero-order valence-corrected chi connectivity index (χ0v) is 26.5. The molecule has 0 aliphatic carbocycles. The molecule has 0 aliphatic rings. The van der Waals surface area contributed by atoms with Gasteiger partial charge in [0.05, 0.1) is 25.6 Å². The van der Waals surface area contributed by atoms with E-state index in [1.807, 2.05) is 72.8 Å². The van der Waals surface area contributed by atoms with Crippen LogP contribution in [0.2, 0.25) is 0 Å². The van der Waals surface area contributed by atoms with Crippen molar-refractivity contribution in [3.05, 3.63) is 118 Å². The molecule has 13 nitrogen and oxygen atoms in total. The molecule has 0 bridgehead atoms. The van der Waals surface area contributed by atoms with Gasteiger partial charge in [-0.1, -0.05) is 24.3 Å². The van der Waals surface area contributed by atoms with Gasteiger partial charge in [-0.2, -0.15) is 29.8 Å². The fraction of sp³-hybridized carbons (Fsp3) is 0.125. The Morgan fingerprint density at radius 2 is 1.09 bits per heavy atom. The molecule has 4 aromatic heterocycles. The molecular formula is C32H28N10O3S2. The molecule has 15 heteroatoms. The van der Waals surface area contributed by atoms with E-state index in [0.717, 1.165) is 22.3 Å². The first-order valence-corrected chi connectivity index (χ1v) is 15.2. The summed E-state index contributed by atoms with van der Waals surface area (Å²) < 4.78 is 21.6. The molecule has 0 atom stereocenters. The van der Waals surface area contributed by atoms with E-state index in [4.69, 9.17) is 38.6 Å². The highest BCUT2D eigenvalue weighted by molar-refractivity contribution is 7.71. The van der Waals surface area contributed by atoms with Gasteiger partial charge in [0.2, 0.25) is 9.54 Å². The number of pyridine rings is 2. The van der Waals surface area contributed by atoms with E-state index in [0.29, 0.717) is 59.1 Å². The molecule has 2 N–H and O–H groups in total. The number of aromatic amines is 2. The Hall–Kier alpha value is -5.64. The SMILES string of the molecule is S=c1[nH]nc(-c2cccnc2)n1/N=C\c1ccccc1OCCOCCOc1ccccc1/C=N\n1c(-c2cccnc2)n[nH]c1=S. The second-order valence-corrected chi connectivity index (χ2v) is 10.5. The third-order valence-corrected chi connectivity index (χ3v) is 7.10. The van der Waals surface area contributed by atoms with Crippen molar-refractivity contribution < 1.29 is 14.2 Å². The number of nitrogens with one attached hydrogen (secondary N) is 2. The highest BCUT2D eigenvalue weighted by atomic mass is 32.1. The van der Waals surface area contributed by atoms with Crippen LogP contribution in [0.3, 0.4) is 0 Å². The molecule has 0 aliphatic heterocycles. The van der Waals surface area contributed by atoms with Crippen molar-refractivity contribution in [2.45, 2.75) is 0 Å². The lowest BCUT2D eigenvalue weighted by molar-refractivity contribution is 0.0764. The van der Waals surface area contributed by atoms with Gasteiger partial charge in [-0.25, -0.2) is 10.2 Å². The zero-order valence-electron chi connectivity index (χ0n) is 24.8. The fourth-order valence-corrected chi connectivity index (χ4v) is 4.72. The summed E-state index contributed by atoms with van der Waals surface area (Å²) in [5.74, 6) is 2.43. The average Bonchev–Trinajstić information content (AvgIpc) is 3.68. The van der Waals surface area contributed by atoms with Crippen molar-refractivity contribution in [3.8, 4) is 34.3 Å². The minimum atomic E-state index is 0.338. The van der Waals surface area contributed by atoms with Crippen LogP contribution in [0.5, 0.6) is 11.5 Å². The Bertz CT molecular complexity index is 1940. The standard InChI is InChI=1S/C32H28N10O3S2/c46-31-39-37-29(25-9-5-13-33-19-25)41(31)35-21-23-7-1-3-11-27(23)44-17-15-43-16-18-45-28-12-4-2-8-24(28)22-36-42-30(38-40-32(42)47)26-10-6-14-34-20-26/h1-14,19-22H,15-18H2,(H,39,46)(H,40,47)/b35-21-,36-22-. The van der Waals surface area contributed by atoms with Crippen molar-refractivity contribution >= 4 is 36.9 Å². The summed E-state index contributed by atoms with van der Waals surface area (Å²) in [5, 5.41) is 23.2. The average molecular weight is 665 g/mol. The number of rotatable bonds is 14. The van der Waals surface area contributed by atoms with Crippen LogP contribution < -0.4 is 9.47 Å². The quantitative estimate of drug-likeness (QED) is 0.0869. The van der Waals surface area contributed by atoms with Gasteiger partial charge < -0.3 is 14.2 Å². The number of hydrogen-bond acceptors (Lipinski definition) is 11. The van der Waals surface area contributed by atoms with Gasteiger partial charge in [0.25, 0.3) is 0 Å². The number of aromatic nitrogens is 8. The maximum atomic E-state index is 5.99. The van der Waals surface area contributed by atoms with Crippen LogP contribution in [0.1, 0.15) is 11.1 Å². The van der Waals surface area contributed by atoms with Crippen molar-refractivity contribution in [1.29, 1.82) is 0 Å². The van der Waals surface area contributed by atoms with Crippen molar-refractivity contribution in [1.82, 2.24) is 39.7 Å². The lowest BCUT2D eigenvalue weighted by Gasteiger charge is -2.11. The Morgan fingerprint density at radius 3 is 1.53 bits per heavy atom. The lowest BCUT2D eigenvalue weighted by Crippen LogP contribution is -2.13. The van der Waals surface area contributed by atoms with Crippen LogP contribution in [0, 0.1) is 9.54 Å². The molecule has 0 radical (unpaired) electrons. The largest absolute Gasteiger partial charge is 0.491 e. The molecular weight excluding hydrogens is 637 g/mol. The van der Waals surface area contributed by atoms with E-state index in [1.54, 1.807) is 46.6 Å². The van der Waals surface area contributed by atoms with Gasteiger partial charge in [-0.15, -0.1) is 0 Å². The van der Waals surface area contributed by atoms with Gasteiger partial charge in [-0.3, -0.25) is 9.97 Å². The fourth-order valence-electron chi connectivity index (χ4n) is 4.36. The molecule has 0 saturated heterocycles. The second-order valence-electron chi connectivity index (χ2n) is 9.69. The number of nitrogens with zero attached hydrogens (tertiary/aromatic N) is 8. The van der Waals surface area contributed by atoms with Gasteiger partial charge in [0, 0.05) is 47.0 Å².